The number of Topliss-reactive ketones (excluding diaryl/α,β-unsaturated/α-hetero) is 1. The highest BCUT2D eigenvalue weighted by Crippen LogP contribution is 2.33. The lowest BCUT2D eigenvalue weighted by atomic mass is 9.99. The molecule has 0 radical (unpaired) electrons. The summed E-state index contributed by atoms with van der Waals surface area (Å²) in [5, 5.41) is 0. The van der Waals surface area contributed by atoms with Gasteiger partial charge in [-0.3, -0.25) is 4.79 Å². The van der Waals surface area contributed by atoms with Gasteiger partial charge in [0.25, 0.3) is 0 Å². The van der Waals surface area contributed by atoms with Crippen molar-refractivity contribution in [2.24, 2.45) is 5.92 Å². The zero-order valence-corrected chi connectivity index (χ0v) is 10.3. The number of rotatable bonds is 3. The first-order chi connectivity index (χ1) is 7.16. The fourth-order valence-corrected chi connectivity index (χ4v) is 3.15. The van der Waals surface area contributed by atoms with Gasteiger partial charge in [-0.25, -0.2) is 0 Å². The van der Waals surface area contributed by atoms with Gasteiger partial charge in [0.05, 0.1) is 4.34 Å². The molecule has 1 aliphatic rings. The summed E-state index contributed by atoms with van der Waals surface area (Å²) in [4.78, 5) is 11.8. The average Bonchev–Trinajstić information content (AvgIpc) is 2.75. The molecule has 0 N–H and O–H groups in total. The van der Waals surface area contributed by atoms with Gasteiger partial charge in [-0.2, -0.15) is 0 Å². The molecule has 1 atom stereocenters. The first-order valence-electron chi connectivity index (χ1n) is 4.72. The largest absolute Gasteiger partial charge is 0.381 e. The van der Waals surface area contributed by atoms with Gasteiger partial charge < -0.3 is 4.74 Å². The number of thiophene rings is 1. The van der Waals surface area contributed by atoms with Gasteiger partial charge in [0, 0.05) is 25.2 Å². The van der Waals surface area contributed by atoms with Crippen LogP contribution in [0.25, 0.3) is 0 Å². The van der Waals surface area contributed by atoms with Crippen LogP contribution in [0.4, 0.5) is 0 Å². The van der Waals surface area contributed by atoms with Crippen LogP contribution in [0.5, 0.6) is 0 Å². The van der Waals surface area contributed by atoms with E-state index in [1.54, 1.807) is 6.07 Å². The fraction of sp³-hybridized carbons (Fsp3) is 0.500. The number of hydrogen-bond donors (Lipinski definition) is 0. The smallest absolute Gasteiger partial charge is 0.165 e. The highest BCUT2D eigenvalue weighted by molar-refractivity contribution is 7.20. The van der Waals surface area contributed by atoms with E-state index in [9.17, 15) is 4.79 Å². The van der Waals surface area contributed by atoms with E-state index in [1.165, 1.54) is 11.3 Å². The predicted molar refractivity (Wildman–Crippen MR) is 62.2 cm³/mol. The number of hydrogen-bond acceptors (Lipinski definition) is 3. The molecule has 1 aromatic rings. The van der Waals surface area contributed by atoms with Crippen molar-refractivity contribution in [3.8, 4) is 0 Å². The van der Waals surface area contributed by atoms with Crippen molar-refractivity contribution in [3.63, 3.8) is 0 Å². The maximum absolute atomic E-state index is 11.8. The van der Waals surface area contributed by atoms with Crippen LogP contribution in [-0.2, 0) is 4.74 Å². The molecule has 1 unspecified atom stereocenters. The third kappa shape index (κ3) is 2.72. The Morgan fingerprint density at radius 1 is 1.60 bits per heavy atom. The van der Waals surface area contributed by atoms with E-state index >= 15 is 0 Å². The number of carbonyl (C=O) groups excluding carboxylic acids is 1. The van der Waals surface area contributed by atoms with E-state index in [0.29, 0.717) is 33.2 Å². The lowest BCUT2D eigenvalue weighted by molar-refractivity contribution is 0.0953. The predicted octanol–water partition coefficient (Wildman–Crippen LogP) is 3.66. The van der Waals surface area contributed by atoms with Crippen LogP contribution in [-0.4, -0.2) is 19.0 Å². The zero-order valence-electron chi connectivity index (χ0n) is 7.96. The Kier molecular flexibility index (Phi) is 3.67. The second-order valence-electron chi connectivity index (χ2n) is 3.59. The summed E-state index contributed by atoms with van der Waals surface area (Å²) in [5.74, 6) is 0.408. The van der Waals surface area contributed by atoms with Crippen molar-refractivity contribution in [3.05, 3.63) is 20.3 Å². The Balaban J connectivity index is 2.03. The second-order valence-corrected chi connectivity index (χ2v) is 5.88. The van der Waals surface area contributed by atoms with Crippen molar-refractivity contribution in [2.45, 2.75) is 12.8 Å². The summed E-state index contributed by atoms with van der Waals surface area (Å²) in [7, 11) is 0. The number of ketones is 1. The van der Waals surface area contributed by atoms with Gasteiger partial charge in [0.2, 0.25) is 0 Å². The molecule has 2 nitrogen and oxygen atoms in total. The first-order valence-corrected chi connectivity index (χ1v) is 6.30. The van der Waals surface area contributed by atoms with Crippen molar-refractivity contribution in [1.29, 1.82) is 0 Å². The summed E-state index contributed by atoms with van der Waals surface area (Å²) in [6.45, 7) is 1.44. The minimum atomic E-state index is 0.0682. The third-order valence-corrected chi connectivity index (χ3v) is 3.94. The van der Waals surface area contributed by atoms with E-state index in [-0.39, 0.29) is 5.78 Å². The highest BCUT2D eigenvalue weighted by Gasteiger charge is 2.22. The molecular formula is C10H10Cl2O2S. The molecule has 5 heteroatoms. The molecule has 0 amide bonds. The molecule has 15 heavy (non-hydrogen) atoms. The van der Waals surface area contributed by atoms with Crippen LogP contribution in [0.2, 0.25) is 8.67 Å². The molecule has 1 aromatic heterocycles. The molecule has 1 saturated heterocycles. The van der Waals surface area contributed by atoms with E-state index in [4.69, 9.17) is 27.9 Å². The average molecular weight is 265 g/mol. The van der Waals surface area contributed by atoms with E-state index in [2.05, 4.69) is 0 Å². The standard InChI is InChI=1S/C10H10Cl2O2S/c11-9-4-7(10(12)15-9)8(13)3-6-1-2-14-5-6/h4,6H,1-3,5H2. The Hall–Kier alpha value is -0.0900. The number of ether oxygens (including phenoxy) is 1. The molecule has 82 valence electrons. The maximum Gasteiger partial charge on any atom is 0.165 e. The van der Waals surface area contributed by atoms with Gasteiger partial charge in [0.15, 0.2) is 5.78 Å². The Bertz CT molecular complexity index is 369. The third-order valence-electron chi connectivity index (χ3n) is 2.46. The normalized spacial score (nSPS) is 20.8. The van der Waals surface area contributed by atoms with Gasteiger partial charge in [0.1, 0.15) is 4.34 Å². The van der Waals surface area contributed by atoms with Gasteiger partial charge >= 0.3 is 0 Å². The fourth-order valence-electron chi connectivity index (χ4n) is 1.65. The van der Waals surface area contributed by atoms with E-state index in [1.807, 2.05) is 0 Å². The highest BCUT2D eigenvalue weighted by atomic mass is 35.5. The van der Waals surface area contributed by atoms with Gasteiger partial charge in [-0.15, -0.1) is 11.3 Å². The molecule has 2 rings (SSSR count). The SMILES string of the molecule is O=C(CC1CCOC1)c1cc(Cl)sc1Cl. The molecule has 0 spiro atoms. The molecule has 1 aliphatic heterocycles. The molecule has 0 saturated carbocycles. The molecular weight excluding hydrogens is 255 g/mol. The van der Waals surface area contributed by atoms with Crippen molar-refractivity contribution in [1.82, 2.24) is 0 Å². The number of halogens is 2. The summed E-state index contributed by atoms with van der Waals surface area (Å²) < 4.78 is 6.27. The Labute approximate surface area is 102 Å². The molecule has 1 fully saturated rings. The quantitative estimate of drug-likeness (QED) is 0.779. The summed E-state index contributed by atoms with van der Waals surface area (Å²) >= 11 is 12.9. The Morgan fingerprint density at radius 2 is 2.40 bits per heavy atom. The minimum Gasteiger partial charge on any atom is -0.381 e. The maximum atomic E-state index is 11.8. The molecule has 0 aliphatic carbocycles. The van der Waals surface area contributed by atoms with E-state index < -0.39 is 0 Å². The Morgan fingerprint density at radius 3 is 2.93 bits per heavy atom. The van der Waals surface area contributed by atoms with Crippen LogP contribution in [0.3, 0.4) is 0 Å². The lowest BCUT2D eigenvalue weighted by Gasteiger charge is -2.04. The van der Waals surface area contributed by atoms with Gasteiger partial charge in [-0.1, -0.05) is 23.2 Å². The second kappa shape index (κ2) is 4.83. The van der Waals surface area contributed by atoms with Crippen LogP contribution >= 0.6 is 34.5 Å². The monoisotopic (exact) mass is 264 g/mol. The lowest BCUT2D eigenvalue weighted by Crippen LogP contribution is -2.08. The molecule has 0 aromatic carbocycles. The van der Waals surface area contributed by atoms with Crippen molar-refractivity contribution in [2.75, 3.05) is 13.2 Å². The van der Waals surface area contributed by atoms with Crippen molar-refractivity contribution < 1.29 is 9.53 Å². The first kappa shape index (κ1) is 11.4. The van der Waals surface area contributed by atoms with E-state index in [0.717, 1.165) is 13.0 Å². The van der Waals surface area contributed by atoms with Crippen LogP contribution < -0.4 is 0 Å². The van der Waals surface area contributed by atoms with Crippen LogP contribution in [0.15, 0.2) is 6.07 Å². The number of carbonyl (C=O) groups is 1. The minimum absolute atomic E-state index is 0.0682. The summed E-state index contributed by atoms with van der Waals surface area (Å²) in [6, 6.07) is 1.65. The summed E-state index contributed by atoms with van der Waals surface area (Å²) in [6.07, 6.45) is 1.47. The summed E-state index contributed by atoms with van der Waals surface area (Å²) in [5.41, 5.74) is 0.554. The van der Waals surface area contributed by atoms with Crippen molar-refractivity contribution >= 4 is 40.3 Å². The molecule has 0 bridgehead atoms. The zero-order chi connectivity index (χ0) is 10.8. The topological polar surface area (TPSA) is 26.3 Å². The molecule has 2 heterocycles. The van der Waals surface area contributed by atoms with Crippen LogP contribution in [0, 0.1) is 5.92 Å². The van der Waals surface area contributed by atoms with Crippen LogP contribution in [0.1, 0.15) is 23.2 Å². The van der Waals surface area contributed by atoms with Gasteiger partial charge in [-0.05, 0) is 18.4 Å².